The SMILES string of the molecule is O=C1CSC(c2ccc(Cl)s2)N1c1ccc(Cl)cc1. The third-order valence-electron chi connectivity index (χ3n) is 2.81. The molecular formula is C13H9Cl2NOS2. The molecule has 0 saturated carbocycles. The van der Waals surface area contributed by atoms with E-state index in [9.17, 15) is 4.79 Å². The lowest BCUT2D eigenvalue weighted by Crippen LogP contribution is -2.27. The van der Waals surface area contributed by atoms with Crippen LogP contribution in [0.4, 0.5) is 5.69 Å². The van der Waals surface area contributed by atoms with Gasteiger partial charge in [0.05, 0.1) is 10.1 Å². The van der Waals surface area contributed by atoms with Crippen LogP contribution in [0.3, 0.4) is 0 Å². The van der Waals surface area contributed by atoms with Crippen molar-refractivity contribution in [1.29, 1.82) is 0 Å². The van der Waals surface area contributed by atoms with Crippen molar-refractivity contribution in [2.75, 3.05) is 10.7 Å². The van der Waals surface area contributed by atoms with Crippen molar-refractivity contribution in [3.05, 3.63) is 50.6 Å². The number of thioether (sulfide) groups is 1. The van der Waals surface area contributed by atoms with Crippen molar-refractivity contribution >= 4 is 57.9 Å². The van der Waals surface area contributed by atoms with Gasteiger partial charge in [-0.1, -0.05) is 23.2 Å². The van der Waals surface area contributed by atoms with Crippen LogP contribution in [-0.4, -0.2) is 11.7 Å². The summed E-state index contributed by atoms with van der Waals surface area (Å²) in [5, 5.41) is 0.671. The highest BCUT2D eigenvalue weighted by Gasteiger charge is 2.34. The highest BCUT2D eigenvalue weighted by molar-refractivity contribution is 8.01. The number of nitrogens with zero attached hydrogens (tertiary/aromatic N) is 1. The van der Waals surface area contributed by atoms with Crippen molar-refractivity contribution in [3.8, 4) is 0 Å². The first-order chi connectivity index (χ1) is 9.15. The fraction of sp³-hybridized carbons (Fsp3) is 0.154. The van der Waals surface area contributed by atoms with Gasteiger partial charge in [0.2, 0.25) is 5.91 Å². The number of carbonyl (C=O) groups is 1. The molecule has 1 amide bonds. The molecule has 1 aromatic carbocycles. The van der Waals surface area contributed by atoms with E-state index in [1.165, 1.54) is 11.3 Å². The van der Waals surface area contributed by atoms with Crippen LogP contribution in [0, 0.1) is 0 Å². The second-order valence-corrected chi connectivity index (χ2v) is 7.30. The van der Waals surface area contributed by atoms with Gasteiger partial charge in [-0.15, -0.1) is 23.1 Å². The normalized spacial score (nSPS) is 19.2. The molecule has 1 fully saturated rings. The van der Waals surface area contributed by atoms with Crippen molar-refractivity contribution in [2.45, 2.75) is 5.37 Å². The summed E-state index contributed by atoms with van der Waals surface area (Å²) >= 11 is 15.0. The van der Waals surface area contributed by atoms with E-state index < -0.39 is 0 Å². The number of rotatable bonds is 2. The summed E-state index contributed by atoms with van der Waals surface area (Å²) in [5.74, 6) is 0.602. The lowest BCUT2D eigenvalue weighted by molar-refractivity contribution is -0.115. The van der Waals surface area contributed by atoms with Crippen molar-refractivity contribution in [1.82, 2.24) is 0 Å². The number of hydrogen-bond donors (Lipinski definition) is 0. The maximum Gasteiger partial charge on any atom is 0.238 e. The summed E-state index contributed by atoms with van der Waals surface area (Å²) < 4.78 is 0.742. The van der Waals surface area contributed by atoms with Crippen LogP contribution in [0.5, 0.6) is 0 Å². The lowest BCUT2D eigenvalue weighted by Gasteiger charge is -2.23. The van der Waals surface area contributed by atoms with E-state index in [0.29, 0.717) is 10.8 Å². The quantitative estimate of drug-likeness (QED) is 0.786. The zero-order chi connectivity index (χ0) is 13.4. The average molecular weight is 330 g/mol. The number of hydrogen-bond acceptors (Lipinski definition) is 3. The molecule has 98 valence electrons. The van der Waals surface area contributed by atoms with E-state index in [1.807, 2.05) is 29.2 Å². The number of anilines is 1. The molecule has 2 nitrogen and oxygen atoms in total. The van der Waals surface area contributed by atoms with Gasteiger partial charge in [-0.25, -0.2) is 0 Å². The number of halogens is 2. The summed E-state index contributed by atoms with van der Waals surface area (Å²) in [7, 11) is 0. The van der Waals surface area contributed by atoms with Gasteiger partial charge in [0.25, 0.3) is 0 Å². The van der Waals surface area contributed by atoms with Crippen LogP contribution in [0.1, 0.15) is 10.3 Å². The molecule has 19 heavy (non-hydrogen) atoms. The molecule has 0 radical (unpaired) electrons. The largest absolute Gasteiger partial charge is 0.294 e. The second kappa shape index (κ2) is 5.37. The third kappa shape index (κ3) is 2.63. The maximum absolute atomic E-state index is 12.1. The molecule has 1 saturated heterocycles. The second-order valence-electron chi connectivity index (χ2n) is 4.05. The third-order valence-corrected chi connectivity index (χ3v) is 5.69. The number of thiophene rings is 1. The summed E-state index contributed by atoms with van der Waals surface area (Å²) in [5.41, 5.74) is 0.869. The van der Waals surface area contributed by atoms with Crippen molar-refractivity contribution in [2.24, 2.45) is 0 Å². The summed E-state index contributed by atoms with van der Waals surface area (Å²) in [4.78, 5) is 15.0. The van der Waals surface area contributed by atoms with Gasteiger partial charge in [-0.3, -0.25) is 9.69 Å². The Hall–Kier alpha value is -0.680. The molecule has 1 aromatic heterocycles. The van der Waals surface area contributed by atoms with Crippen molar-refractivity contribution in [3.63, 3.8) is 0 Å². The smallest absolute Gasteiger partial charge is 0.238 e. The molecule has 0 N–H and O–H groups in total. The summed E-state index contributed by atoms with van der Waals surface area (Å²) in [6.07, 6.45) is 0. The molecule has 1 aliphatic heterocycles. The minimum absolute atomic E-state index is 0.00572. The van der Waals surface area contributed by atoms with Gasteiger partial charge >= 0.3 is 0 Å². The Labute approximate surface area is 129 Å². The molecule has 1 atom stereocenters. The Morgan fingerprint density at radius 3 is 2.47 bits per heavy atom. The van der Waals surface area contributed by atoms with Crippen LogP contribution in [0.15, 0.2) is 36.4 Å². The maximum atomic E-state index is 12.1. The highest BCUT2D eigenvalue weighted by atomic mass is 35.5. The molecular weight excluding hydrogens is 321 g/mol. The van der Waals surface area contributed by atoms with Crippen LogP contribution in [-0.2, 0) is 4.79 Å². The van der Waals surface area contributed by atoms with E-state index in [4.69, 9.17) is 23.2 Å². The Balaban J connectivity index is 1.96. The molecule has 0 spiro atoms. The fourth-order valence-corrected chi connectivity index (χ4v) is 4.56. The van der Waals surface area contributed by atoms with E-state index in [1.54, 1.807) is 23.9 Å². The van der Waals surface area contributed by atoms with E-state index in [2.05, 4.69) is 0 Å². The Morgan fingerprint density at radius 1 is 1.11 bits per heavy atom. The minimum Gasteiger partial charge on any atom is -0.294 e. The summed E-state index contributed by atoms with van der Waals surface area (Å²) in [6, 6.07) is 11.2. The van der Waals surface area contributed by atoms with Crippen LogP contribution in [0.25, 0.3) is 0 Å². The first-order valence-corrected chi connectivity index (χ1v) is 8.22. The predicted molar refractivity (Wildman–Crippen MR) is 83.5 cm³/mol. The van der Waals surface area contributed by atoms with E-state index in [-0.39, 0.29) is 11.3 Å². The molecule has 2 heterocycles. The molecule has 0 bridgehead atoms. The zero-order valence-electron chi connectivity index (χ0n) is 9.68. The number of benzene rings is 1. The van der Waals surface area contributed by atoms with Gasteiger partial charge in [0.1, 0.15) is 5.37 Å². The van der Waals surface area contributed by atoms with E-state index in [0.717, 1.165) is 14.9 Å². The zero-order valence-corrected chi connectivity index (χ0v) is 12.8. The van der Waals surface area contributed by atoms with Crippen LogP contribution < -0.4 is 4.90 Å². The van der Waals surface area contributed by atoms with Crippen molar-refractivity contribution < 1.29 is 4.79 Å². The molecule has 3 rings (SSSR count). The Kier molecular flexibility index (Phi) is 3.76. The summed E-state index contributed by atoms with van der Waals surface area (Å²) in [6.45, 7) is 0. The monoisotopic (exact) mass is 329 g/mol. The van der Waals surface area contributed by atoms with Gasteiger partial charge in [0.15, 0.2) is 0 Å². The fourth-order valence-electron chi connectivity index (χ4n) is 1.98. The topological polar surface area (TPSA) is 20.3 Å². The minimum atomic E-state index is 0.00572. The van der Waals surface area contributed by atoms with Gasteiger partial charge in [-0.2, -0.15) is 0 Å². The molecule has 1 unspecified atom stereocenters. The first-order valence-electron chi connectivity index (χ1n) is 5.59. The van der Waals surface area contributed by atoms with Crippen LogP contribution in [0.2, 0.25) is 9.36 Å². The number of carbonyl (C=O) groups excluding carboxylic acids is 1. The molecule has 2 aromatic rings. The Morgan fingerprint density at radius 2 is 1.84 bits per heavy atom. The van der Waals surface area contributed by atoms with Crippen LogP contribution >= 0.6 is 46.3 Å². The molecule has 0 aliphatic carbocycles. The Bertz CT molecular complexity index is 611. The number of amides is 1. The molecule has 6 heteroatoms. The van der Waals surface area contributed by atoms with Gasteiger partial charge in [0, 0.05) is 15.6 Å². The van der Waals surface area contributed by atoms with Gasteiger partial charge < -0.3 is 0 Å². The standard InChI is InChI=1S/C13H9Cl2NOS2/c14-8-1-3-9(4-2-8)16-12(17)7-18-13(16)10-5-6-11(15)19-10/h1-6,13H,7H2. The first kappa shape index (κ1) is 13.3. The van der Waals surface area contributed by atoms with E-state index >= 15 is 0 Å². The molecule has 1 aliphatic rings. The highest BCUT2D eigenvalue weighted by Crippen LogP contribution is 2.44. The average Bonchev–Trinajstić information content (AvgIpc) is 2.97. The predicted octanol–water partition coefficient (Wildman–Crippen LogP) is 4.83. The van der Waals surface area contributed by atoms with Gasteiger partial charge in [-0.05, 0) is 36.4 Å². The lowest BCUT2D eigenvalue weighted by atomic mass is 10.2.